The van der Waals surface area contributed by atoms with Crippen LogP contribution >= 0.6 is 11.8 Å². The second kappa shape index (κ2) is 6.25. The Morgan fingerprint density at radius 1 is 1.53 bits per heavy atom. The Bertz CT molecular complexity index is 390. The molecule has 0 spiro atoms. The summed E-state index contributed by atoms with van der Waals surface area (Å²) in [5, 5.41) is 5.48. The highest BCUT2D eigenvalue weighted by molar-refractivity contribution is 8.14. The molecule has 2 aliphatic rings. The number of rotatable bonds is 3. The molecule has 8 heteroatoms. The van der Waals surface area contributed by atoms with E-state index in [4.69, 9.17) is 4.74 Å². The highest BCUT2D eigenvalue weighted by atomic mass is 32.2. The highest BCUT2D eigenvalue weighted by Gasteiger charge is 2.38. The van der Waals surface area contributed by atoms with Crippen LogP contribution in [0.5, 0.6) is 0 Å². The standard InChI is InChI=1S/C11H17N3O4S/c1-2-18-10(16)8-5-12-3-4-14(8)9(15)7-6-19-11(17)13-7/h7-8,12H,2-6H2,1H3,(H,13,17). The largest absolute Gasteiger partial charge is 0.464 e. The van der Waals surface area contributed by atoms with Crippen molar-refractivity contribution in [2.75, 3.05) is 32.0 Å². The van der Waals surface area contributed by atoms with E-state index in [1.165, 1.54) is 4.90 Å². The van der Waals surface area contributed by atoms with E-state index in [1.54, 1.807) is 6.92 Å². The molecule has 0 aliphatic carbocycles. The molecule has 0 radical (unpaired) electrons. The Hall–Kier alpha value is -1.28. The van der Waals surface area contributed by atoms with E-state index in [1.807, 2.05) is 0 Å². The van der Waals surface area contributed by atoms with Crippen LogP contribution in [0.3, 0.4) is 0 Å². The zero-order valence-corrected chi connectivity index (χ0v) is 11.5. The fourth-order valence-electron chi connectivity index (χ4n) is 2.13. The maximum atomic E-state index is 12.3. The van der Waals surface area contributed by atoms with Crippen molar-refractivity contribution < 1.29 is 19.1 Å². The van der Waals surface area contributed by atoms with Gasteiger partial charge in [0.25, 0.3) is 5.24 Å². The van der Waals surface area contributed by atoms with Crippen LogP contribution in [-0.4, -0.2) is 66.1 Å². The van der Waals surface area contributed by atoms with Gasteiger partial charge in [-0.15, -0.1) is 0 Å². The first-order valence-corrected chi connectivity index (χ1v) is 7.23. The van der Waals surface area contributed by atoms with Crippen LogP contribution in [0.15, 0.2) is 0 Å². The van der Waals surface area contributed by atoms with E-state index < -0.39 is 18.1 Å². The Morgan fingerprint density at radius 2 is 2.32 bits per heavy atom. The normalized spacial score (nSPS) is 27.0. The number of thioether (sulfide) groups is 1. The first-order valence-electron chi connectivity index (χ1n) is 6.24. The smallest absolute Gasteiger partial charge is 0.330 e. The minimum atomic E-state index is -0.608. The molecule has 0 aromatic rings. The molecule has 19 heavy (non-hydrogen) atoms. The zero-order chi connectivity index (χ0) is 13.8. The third-order valence-corrected chi connectivity index (χ3v) is 3.94. The molecular weight excluding hydrogens is 270 g/mol. The Morgan fingerprint density at radius 3 is 2.95 bits per heavy atom. The van der Waals surface area contributed by atoms with Crippen LogP contribution in [-0.2, 0) is 14.3 Å². The van der Waals surface area contributed by atoms with E-state index in [2.05, 4.69) is 10.6 Å². The molecule has 2 fully saturated rings. The molecule has 2 heterocycles. The van der Waals surface area contributed by atoms with E-state index in [0.717, 1.165) is 11.8 Å². The predicted octanol–water partition coefficient (Wildman–Crippen LogP) is -0.825. The van der Waals surface area contributed by atoms with Crippen LogP contribution in [0.2, 0.25) is 0 Å². The molecule has 7 nitrogen and oxygen atoms in total. The van der Waals surface area contributed by atoms with E-state index in [-0.39, 0.29) is 17.8 Å². The van der Waals surface area contributed by atoms with Gasteiger partial charge in [0.1, 0.15) is 12.1 Å². The van der Waals surface area contributed by atoms with Gasteiger partial charge >= 0.3 is 5.97 Å². The molecule has 0 bridgehead atoms. The summed E-state index contributed by atoms with van der Waals surface area (Å²) >= 11 is 1.09. The van der Waals surface area contributed by atoms with E-state index >= 15 is 0 Å². The minimum absolute atomic E-state index is 0.193. The van der Waals surface area contributed by atoms with Crippen LogP contribution < -0.4 is 10.6 Å². The zero-order valence-electron chi connectivity index (χ0n) is 10.7. The number of amides is 2. The van der Waals surface area contributed by atoms with Gasteiger partial charge in [-0.3, -0.25) is 9.59 Å². The maximum absolute atomic E-state index is 12.3. The lowest BCUT2D eigenvalue weighted by Crippen LogP contribution is -2.60. The molecule has 2 amide bonds. The van der Waals surface area contributed by atoms with Crippen LogP contribution in [0, 0.1) is 0 Å². The van der Waals surface area contributed by atoms with Gasteiger partial charge in [-0.2, -0.15) is 0 Å². The molecule has 0 aromatic carbocycles. The number of carbonyl (C=O) groups is 3. The lowest BCUT2D eigenvalue weighted by molar-refractivity contribution is -0.156. The number of esters is 1. The number of piperazine rings is 1. The highest BCUT2D eigenvalue weighted by Crippen LogP contribution is 2.17. The third-order valence-electron chi connectivity index (χ3n) is 3.06. The lowest BCUT2D eigenvalue weighted by atomic mass is 10.1. The number of hydrogen-bond donors (Lipinski definition) is 2. The SMILES string of the molecule is CCOC(=O)C1CNCCN1C(=O)C1CSC(=O)N1. The molecule has 2 atom stereocenters. The van der Waals surface area contributed by atoms with Crippen molar-refractivity contribution in [1.82, 2.24) is 15.5 Å². The van der Waals surface area contributed by atoms with Crippen molar-refractivity contribution in [2.24, 2.45) is 0 Å². The third kappa shape index (κ3) is 3.19. The minimum Gasteiger partial charge on any atom is -0.464 e. The summed E-state index contributed by atoms with van der Waals surface area (Å²) in [6, 6.07) is -1.14. The molecule has 106 valence electrons. The van der Waals surface area contributed by atoms with Crippen molar-refractivity contribution in [1.29, 1.82) is 0 Å². The fourth-order valence-corrected chi connectivity index (χ4v) is 2.90. The summed E-state index contributed by atoms with van der Waals surface area (Å²) in [5.74, 6) is -0.199. The van der Waals surface area contributed by atoms with E-state index in [0.29, 0.717) is 25.4 Å². The van der Waals surface area contributed by atoms with Gasteiger partial charge in [0.05, 0.1) is 6.61 Å². The lowest BCUT2D eigenvalue weighted by Gasteiger charge is -2.35. The summed E-state index contributed by atoms with van der Waals surface area (Å²) in [6.07, 6.45) is 0. The molecule has 2 N–H and O–H groups in total. The van der Waals surface area contributed by atoms with Crippen molar-refractivity contribution in [3.8, 4) is 0 Å². The molecule has 0 aromatic heterocycles. The van der Waals surface area contributed by atoms with Gasteiger partial charge in [0, 0.05) is 25.4 Å². The van der Waals surface area contributed by atoms with Gasteiger partial charge < -0.3 is 20.3 Å². The second-order valence-corrected chi connectivity index (χ2v) is 5.29. The number of nitrogens with one attached hydrogen (secondary N) is 2. The molecule has 2 rings (SSSR count). The molecule has 2 aliphatic heterocycles. The predicted molar refractivity (Wildman–Crippen MR) is 69.8 cm³/mol. The van der Waals surface area contributed by atoms with Gasteiger partial charge in [-0.05, 0) is 6.92 Å². The van der Waals surface area contributed by atoms with Crippen LogP contribution in [0.4, 0.5) is 4.79 Å². The van der Waals surface area contributed by atoms with Gasteiger partial charge in [0.2, 0.25) is 5.91 Å². The summed E-state index contributed by atoms with van der Waals surface area (Å²) < 4.78 is 4.98. The topological polar surface area (TPSA) is 87.7 Å². The first kappa shape index (κ1) is 14.1. The fraction of sp³-hybridized carbons (Fsp3) is 0.727. The average molecular weight is 287 g/mol. The van der Waals surface area contributed by atoms with Crippen molar-refractivity contribution in [3.05, 3.63) is 0 Å². The van der Waals surface area contributed by atoms with Crippen LogP contribution in [0.1, 0.15) is 6.92 Å². The summed E-state index contributed by atoms with van der Waals surface area (Å²) in [7, 11) is 0. The van der Waals surface area contributed by atoms with Crippen molar-refractivity contribution >= 4 is 28.9 Å². The quantitative estimate of drug-likeness (QED) is 0.659. The summed E-state index contributed by atoms with van der Waals surface area (Å²) in [4.78, 5) is 36.8. The van der Waals surface area contributed by atoms with Gasteiger partial charge in [0.15, 0.2) is 0 Å². The second-order valence-electron chi connectivity index (χ2n) is 4.30. The molecular formula is C11H17N3O4S. The van der Waals surface area contributed by atoms with Crippen molar-refractivity contribution in [3.63, 3.8) is 0 Å². The Balaban J connectivity index is 2.04. The first-order chi connectivity index (χ1) is 9.13. The molecule has 0 saturated carbocycles. The summed E-state index contributed by atoms with van der Waals surface area (Å²) in [5.41, 5.74) is 0. The van der Waals surface area contributed by atoms with Gasteiger partial charge in [-0.1, -0.05) is 11.8 Å². The maximum Gasteiger partial charge on any atom is 0.330 e. The Kier molecular flexibility index (Phi) is 4.65. The van der Waals surface area contributed by atoms with Gasteiger partial charge in [-0.25, -0.2) is 4.79 Å². The molecule has 2 unspecified atom stereocenters. The van der Waals surface area contributed by atoms with E-state index in [9.17, 15) is 14.4 Å². The number of nitrogens with zero attached hydrogens (tertiary/aromatic N) is 1. The van der Waals surface area contributed by atoms with Crippen molar-refractivity contribution in [2.45, 2.75) is 19.0 Å². The monoisotopic (exact) mass is 287 g/mol. The number of hydrogen-bond acceptors (Lipinski definition) is 6. The summed E-state index contributed by atoms with van der Waals surface area (Å²) in [6.45, 7) is 3.48. The average Bonchev–Trinajstić information content (AvgIpc) is 2.85. The molecule has 2 saturated heterocycles. The Labute approximate surface area is 115 Å². The number of ether oxygens (including phenoxy) is 1. The number of carbonyl (C=O) groups excluding carboxylic acids is 3. The van der Waals surface area contributed by atoms with Crippen LogP contribution in [0.25, 0.3) is 0 Å².